The fraction of sp³-hybridized carbons (Fsp3) is 0.158. The van der Waals surface area contributed by atoms with Gasteiger partial charge in [0.2, 0.25) is 0 Å². The van der Waals surface area contributed by atoms with Crippen LogP contribution >= 0.6 is 0 Å². The summed E-state index contributed by atoms with van der Waals surface area (Å²) < 4.78 is 1.61. The molecule has 1 unspecified atom stereocenters. The van der Waals surface area contributed by atoms with E-state index in [-0.39, 0.29) is 6.54 Å². The number of hydrogen-bond acceptors (Lipinski definition) is 6. The van der Waals surface area contributed by atoms with E-state index >= 15 is 0 Å². The molecular formula is C19H17N7O3. The first-order valence-corrected chi connectivity index (χ1v) is 8.77. The number of nitrogens with one attached hydrogen (secondary N) is 3. The third-order valence-corrected chi connectivity index (χ3v) is 4.61. The predicted octanol–water partition coefficient (Wildman–Crippen LogP) is 0.342. The van der Waals surface area contributed by atoms with Gasteiger partial charge in [0.25, 0.3) is 11.8 Å². The van der Waals surface area contributed by atoms with Gasteiger partial charge in [0.15, 0.2) is 5.54 Å². The molecule has 1 saturated heterocycles. The fourth-order valence-electron chi connectivity index (χ4n) is 3.14. The minimum Gasteiger partial charge on any atom is -0.349 e. The molecule has 1 aliphatic heterocycles. The standard InChI is InChI=1S/C19H17N7O3/c1-26-9-8-21-16(26)19(17(28)24-18(29)25-19)11-23-15(27)12-5-6-14(22-10-12)13-4-2-3-7-20-13/h2-10H,11H2,1H3,(H,23,27)(H2,24,25,28,29). The molecule has 3 N–H and O–H groups in total. The molecule has 0 aromatic carbocycles. The third kappa shape index (κ3) is 3.31. The van der Waals surface area contributed by atoms with Crippen molar-refractivity contribution < 1.29 is 14.4 Å². The van der Waals surface area contributed by atoms with Crippen molar-refractivity contribution in [2.45, 2.75) is 5.54 Å². The van der Waals surface area contributed by atoms with Crippen LogP contribution in [0.25, 0.3) is 11.4 Å². The van der Waals surface area contributed by atoms with Crippen molar-refractivity contribution in [1.82, 2.24) is 35.5 Å². The summed E-state index contributed by atoms with van der Waals surface area (Å²) in [7, 11) is 1.70. The molecule has 0 aliphatic carbocycles. The lowest BCUT2D eigenvalue weighted by Gasteiger charge is -2.25. The van der Waals surface area contributed by atoms with E-state index in [0.717, 1.165) is 0 Å². The zero-order valence-corrected chi connectivity index (χ0v) is 15.4. The predicted molar refractivity (Wildman–Crippen MR) is 101 cm³/mol. The number of aryl methyl sites for hydroxylation is 1. The molecule has 0 spiro atoms. The smallest absolute Gasteiger partial charge is 0.322 e. The normalized spacial score (nSPS) is 18.2. The molecule has 4 heterocycles. The summed E-state index contributed by atoms with van der Waals surface area (Å²) in [4.78, 5) is 49.5. The van der Waals surface area contributed by atoms with Crippen molar-refractivity contribution in [3.63, 3.8) is 0 Å². The Kier molecular flexibility index (Phi) is 4.51. The average Bonchev–Trinajstić information content (AvgIpc) is 3.29. The van der Waals surface area contributed by atoms with Crippen LogP contribution in [0.2, 0.25) is 0 Å². The Bertz CT molecular complexity index is 1080. The number of nitrogens with zero attached hydrogens (tertiary/aromatic N) is 4. The first-order valence-electron chi connectivity index (χ1n) is 8.77. The zero-order chi connectivity index (χ0) is 20.4. The molecule has 1 fully saturated rings. The highest BCUT2D eigenvalue weighted by atomic mass is 16.2. The van der Waals surface area contributed by atoms with Crippen molar-refractivity contribution in [1.29, 1.82) is 0 Å². The maximum atomic E-state index is 12.6. The molecule has 10 heteroatoms. The molecule has 3 aromatic heterocycles. The number of aromatic nitrogens is 4. The van der Waals surface area contributed by atoms with Gasteiger partial charge in [0.1, 0.15) is 5.82 Å². The molecule has 1 atom stereocenters. The first-order chi connectivity index (χ1) is 14.0. The number of carbonyl (C=O) groups excluding carboxylic acids is 3. The monoisotopic (exact) mass is 391 g/mol. The largest absolute Gasteiger partial charge is 0.349 e. The molecular weight excluding hydrogens is 374 g/mol. The van der Waals surface area contributed by atoms with Crippen LogP contribution in [0.15, 0.2) is 55.1 Å². The molecule has 1 aliphatic rings. The van der Waals surface area contributed by atoms with E-state index in [1.54, 1.807) is 42.2 Å². The maximum Gasteiger partial charge on any atom is 0.322 e. The molecule has 4 rings (SSSR count). The molecule has 29 heavy (non-hydrogen) atoms. The number of imidazole rings is 1. The molecule has 146 valence electrons. The second-order valence-corrected chi connectivity index (χ2v) is 6.51. The Balaban J connectivity index is 1.53. The number of imide groups is 1. The fourth-order valence-corrected chi connectivity index (χ4v) is 3.14. The Hall–Kier alpha value is -4.08. The summed E-state index contributed by atoms with van der Waals surface area (Å²) in [6.07, 6.45) is 6.25. The lowest BCUT2D eigenvalue weighted by atomic mass is 9.98. The van der Waals surface area contributed by atoms with Gasteiger partial charge in [0, 0.05) is 31.8 Å². The van der Waals surface area contributed by atoms with E-state index in [4.69, 9.17) is 0 Å². The molecule has 0 saturated carbocycles. The lowest BCUT2D eigenvalue weighted by Crippen LogP contribution is -2.54. The quantitative estimate of drug-likeness (QED) is 0.538. The summed E-state index contributed by atoms with van der Waals surface area (Å²) >= 11 is 0. The first kappa shape index (κ1) is 18.3. The van der Waals surface area contributed by atoms with Crippen LogP contribution in [0.4, 0.5) is 4.79 Å². The number of amides is 4. The Morgan fingerprint density at radius 1 is 1.10 bits per heavy atom. The van der Waals surface area contributed by atoms with Crippen LogP contribution < -0.4 is 16.0 Å². The SMILES string of the molecule is Cn1ccnc1C1(CNC(=O)c2ccc(-c3ccccn3)nc2)NC(=O)NC1=O. The van der Waals surface area contributed by atoms with Crippen LogP contribution in [0, 0.1) is 0 Å². The minimum absolute atomic E-state index is 0.170. The van der Waals surface area contributed by atoms with Gasteiger partial charge in [-0.3, -0.25) is 24.9 Å². The van der Waals surface area contributed by atoms with Crippen LogP contribution in [-0.4, -0.2) is 43.9 Å². The summed E-state index contributed by atoms with van der Waals surface area (Å²) in [6, 6.07) is 8.14. The molecule has 3 aromatic rings. The lowest BCUT2D eigenvalue weighted by molar-refractivity contribution is -0.124. The van der Waals surface area contributed by atoms with Crippen molar-refractivity contribution in [2.24, 2.45) is 7.05 Å². The Morgan fingerprint density at radius 2 is 1.93 bits per heavy atom. The van der Waals surface area contributed by atoms with Gasteiger partial charge in [-0.25, -0.2) is 9.78 Å². The highest BCUT2D eigenvalue weighted by molar-refractivity contribution is 6.07. The molecule has 10 nitrogen and oxygen atoms in total. The van der Waals surface area contributed by atoms with E-state index in [9.17, 15) is 14.4 Å². The van der Waals surface area contributed by atoms with E-state index in [1.807, 2.05) is 12.1 Å². The number of urea groups is 1. The van der Waals surface area contributed by atoms with Gasteiger partial charge in [-0.05, 0) is 24.3 Å². The van der Waals surface area contributed by atoms with Gasteiger partial charge in [-0.2, -0.15) is 0 Å². The van der Waals surface area contributed by atoms with Crippen molar-refractivity contribution >= 4 is 17.8 Å². The minimum atomic E-state index is -1.49. The summed E-state index contributed by atoms with van der Waals surface area (Å²) in [5.41, 5.74) is 0.142. The van der Waals surface area contributed by atoms with Gasteiger partial charge in [-0.1, -0.05) is 6.07 Å². The highest BCUT2D eigenvalue weighted by Crippen LogP contribution is 2.23. The van der Waals surface area contributed by atoms with Gasteiger partial charge >= 0.3 is 6.03 Å². The van der Waals surface area contributed by atoms with Crippen molar-refractivity contribution in [3.8, 4) is 11.4 Å². The van der Waals surface area contributed by atoms with Gasteiger partial charge in [-0.15, -0.1) is 0 Å². The third-order valence-electron chi connectivity index (χ3n) is 4.61. The molecule has 0 radical (unpaired) electrons. The zero-order valence-electron chi connectivity index (χ0n) is 15.4. The second-order valence-electron chi connectivity index (χ2n) is 6.51. The van der Waals surface area contributed by atoms with E-state index < -0.39 is 23.4 Å². The van der Waals surface area contributed by atoms with Crippen LogP contribution in [-0.2, 0) is 17.4 Å². The van der Waals surface area contributed by atoms with Crippen molar-refractivity contribution in [2.75, 3.05) is 6.54 Å². The van der Waals surface area contributed by atoms with E-state index in [1.165, 1.54) is 12.4 Å². The van der Waals surface area contributed by atoms with E-state index in [2.05, 4.69) is 30.9 Å². The highest BCUT2D eigenvalue weighted by Gasteiger charge is 2.50. The van der Waals surface area contributed by atoms with E-state index in [0.29, 0.717) is 22.8 Å². The number of pyridine rings is 2. The average molecular weight is 391 g/mol. The summed E-state index contributed by atoms with van der Waals surface area (Å²) in [5, 5.41) is 7.46. The Labute approximate surface area is 165 Å². The topological polar surface area (TPSA) is 131 Å². The second kappa shape index (κ2) is 7.15. The van der Waals surface area contributed by atoms with Crippen LogP contribution in [0.3, 0.4) is 0 Å². The Morgan fingerprint density at radius 3 is 2.52 bits per heavy atom. The molecule has 4 amide bonds. The van der Waals surface area contributed by atoms with Crippen LogP contribution in [0.5, 0.6) is 0 Å². The number of carbonyl (C=O) groups is 3. The molecule has 0 bridgehead atoms. The van der Waals surface area contributed by atoms with Gasteiger partial charge in [0.05, 0.1) is 23.5 Å². The van der Waals surface area contributed by atoms with Gasteiger partial charge < -0.3 is 15.2 Å². The number of hydrogen-bond donors (Lipinski definition) is 3. The maximum absolute atomic E-state index is 12.6. The summed E-state index contributed by atoms with van der Waals surface area (Å²) in [5.74, 6) is -0.710. The van der Waals surface area contributed by atoms with Crippen molar-refractivity contribution in [3.05, 3.63) is 66.5 Å². The number of rotatable bonds is 5. The van der Waals surface area contributed by atoms with Crippen LogP contribution in [0.1, 0.15) is 16.2 Å². The summed E-state index contributed by atoms with van der Waals surface area (Å²) in [6.45, 7) is -0.170.